The van der Waals surface area contributed by atoms with Crippen LogP contribution < -0.4 is 24.8 Å². The van der Waals surface area contributed by atoms with Gasteiger partial charge in [0.25, 0.3) is 5.91 Å². The van der Waals surface area contributed by atoms with Gasteiger partial charge in [0.15, 0.2) is 11.5 Å². The molecule has 0 radical (unpaired) electrons. The van der Waals surface area contributed by atoms with Crippen molar-refractivity contribution < 1.29 is 23.8 Å². The van der Waals surface area contributed by atoms with Gasteiger partial charge in [0.1, 0.15) is 0 Å². The molecular formula is C16H24N2O5. The Hall–Kier alpha value is -2.44. The third-order valence-corrected chi connectivity index (χ3v) is 3.36. The second-order valence-electron chi connectivity index (χ2n) is 4.97. The van der Waals surface area contributed by atoms with Gasteiger partial charge in [0.05, 0.1) is 27.9 Å². The highest BCUT2D eigenvalue weighted by Gasteiger charge is 2.17. The third kappa shape index (κ3) is 5.05. The highest BCUT2D eigenvalue weighted by Crippen LogP contribution is 2.38. The van der Waals surface area contributed by atoms with E-state index < -0.39 is 5.91 Å². The van der Waals surface area contributed by atoms with Gasteiger partial charge in [-0.2, -0.15) is 0 Å². The van der Waals surface area contributed by atoms with Crippen molar-refractivity contribution in [2.45, 2.75) is 26.3 Å². The standard InChI is InChI=1S/C16H24N2O5/c1-6-10(2)18-14(19)9-17-16(20)11-7-12(21-3)15(23-5)13(8-11)22-4/h7-8,10H,6,9H2,1-5H3,(H,17,20)(H,18,19). The first-order chi connectivity index (χ1) is 11.0. The lowest BCUT2D eigenvalue weighted by Crippen LogP contribution is -2.40. The molecule has 0 aliphatic carbocycles. The number of amides is 2. The lowest BCUT2D eigenvalue weighted by molar-refractivity contribution is -0.120. The molecule has 2 N–H and O–H groups in total. The number of hydrogen-bond donors (Lipinski definition) is 2. The summed E-state index contributed by atoms with van der Waals surface area (Å²) in [6, 6.07) is 3.13. The quantitative estimate of drug-likeness (QED) is 0.754. The Morgan fingerprint density at radius 2 is 1.65 bits per heavy atom. The van der Waals surface area contributed by atoms with Gasteiger partial charge in [-0.3, -0.25) is 9.59 Å². The summed E-state index contributed by atoms with van der Waals surface area (Å²) in [6.07, 6.45) is 0.826. The van der Waals surface area contributed by atoms with Gasteiger partial charge in [-0.05, 0) is 25.5 Å². The molecule has 0 spiro atoms. The zero-order valence-electron chi connectivity index (χ0n) is 14.2. The Bertz CT molecular complexity index is 534. The molecule has 0 heterocycles. The van der Waals surface area contributed by atoms with Crippen LogP contribution in [0.25, 0.3) is 0 Å². The van der Waals surface area contributed by atoms with E-state index >= 15 is 0 Å². The average molecular weight is 324 g/mol. The first kappa shape index (κ1) is 18.6. The molecule has 1 unspecified atom stereocenters. The lowest BCUT2D eigenvalue weighted by atomic mass is 10.1. The zero-order chi connectivity index (χ0) is 17.4. The van der Waals surface area contributed by atoms with E-state index in [0.29, 0.717) is 22.8 Å². The predicted molar refractivity (Wildman–Crippen MR) is 86.3 cm³/mol. The van der Waals surface area contributed by atoms with Gasteiger partial charge in [0.2, 0.25) is 11.7 Å². The molecule has 128 valence electrons. The largest absolute Gasteiger partial charge is 0.493 e. The Labute approximate surface area is 136 Å². The molecule has 0 aliphatic rings. The lowest BCUT2D eigenvalue weighted by Gasteiger charge is -2.14. The molecule has 7 nitrogen and oxygen atoms in total. The van der Waals surface area contributed by atoms with Gasteiger partial charge in [-0.1, -0.05) is 6.92 Å². The van der Waals surface area contributed by atoms with Crippen LogP contribution in [-0.4, -0.2) is 45.7 Å². The first-order valence-corrected chi connectivity index (χ1v) is 7.34. The number of carbonyl (C=O) groups is 2. The van der Waals surface area contributed by atoms with E-state index in [2.05, 4.69) is 10.6 Å². The van der Waals surface area contributed by atoms with Gasteiger partial charge in [0, 0.05) is 11.6 Å². The normalized spacial score (nSPS) is 11.3. The second-order valence-corrected chi connectivity index (χ2v) is 4.97. The maximum absolute atomic E-state index is 12.2. The van der Waals surface area contributed by atoms with Crippen LogP contribution in [0.5, 0.6) is 17.2 Å². The van der Waals surface area contributed by atoms with Crippen LogP contribution in [0.4, 0.5) is 0 Å². The highest BCUT2D eigenvalue weighted by molar-refractivity contribution is 5.97. The zero-order valence-corrected chi connectivity index (χ0v) is 14.2. The second kappa shape index (κ2) is 8.87. The predicted octanol–water partition coefficient (Wildman–Crippen LogP) is 1.36. The van der Waals surface area contributed by atoms with E-state index in [1.54, 1.807) is 0 Å². The fourth-order valence-corrected chi connectivity index (χ4v) is 1.90. The minimum Gasteiger partial charge on any atom is -0.493 e. The van der Waals surface area contributed by atoms with Gasteiger partial charge >= 0.3 is 0 Å². The number of hydrogen-bond acceptors (Lipinski definition) is 5. The summed E-state index contributed by atoms with van der Waals surface area (Å²) in [6.45, 7) is 3.78. The van der Waals surface area contributed by atoms with E-state index in [4.69, 9.17) is 14.2 Å². The van der Waals surface area contributed by atoms with E-state index in [1.165, 1.54) is 33.5 Å². The maximum atomic E-state index is 12.2. The molecule has 2 amide bonds. The van der Waals surface area contributed by atoms with Crippen LogP contribution in [0, 0.1) is 0 Å². The number of nitrogens with one attached hydrogen (secondary N) is 2. The Morgan fingerprint density at radius 1 is 1.09 bits per heavy atom. The highest BCUT2D eigenvalue weighted by atomic mass is 16.5. The van der Waals surface area contributed by atoms with E-state index in [1.807, 2.05) is 13.8 Å². The molecule has 23 heavy (non-hydrogen) atoms. The van der Waals surface area contributed by atoms with Crippen molar-refractivity contribution in [3.8, 4) is 17.2 Å². The van der Waals surface area contributed by atoms with Crippen LogP contribution in [-0.2, 0) is 4.79 Å². The minimum absolute atomic E-state index is 0.0700. The van der Waals surface area contributed by atoms with Crippen molar-refractivity contribution in [1.82, 2.24) is 10.6 Å². The van der Waals surface area contributed by atoms with Crippen LogP contribution in [0.15, 0.2) is 12.1 Å². The molecule has 0 aliphatic heterocycles. The Morgan fingerprint density at radius 3 is 2.09 bits per heavy atom. The molecule has 1 aromatic carbocycles. The summed E-state index contributed by atoms with van der Waals surface area (Å²) in [7, 11) is 4.43. The van der Waals surface area contributed by atoms with Crippen LogP contribution in [0.3, 0.4) is 0 Å². The summed E-state index contributed by atoms with van der Waals surface area (Å²) in [4.78, 5) is 23.9. The summed E-state index contributed by atoms with van der Waals surface area (Å²) in [5.74, 6) is 0.520. The monoisotopic (exact) mass is 324 g/mol. The SMILES string of the molecule is CCC(C)NC(=O)CNC(=O)c1cc(OC)c(OC)c(OC)c1. The molecule has 1 rings (SSSR count). The first-order valence-electron chi connectivity index (χ1n) is 7.34. The van der Waals surface area contributed by atoms with E-state index in [-0.39, 0.29) is 18.5 Å². The molecular weight excluding hydrogens is 300 g/mol. The number of methoxy groups -OCH3 is 3. The minimum atomic E-state index is -0.399. The maximum Gasteiger partial charge on any atom is 0.251 e. The topological polar surface area (TPSA) is 85.9 Å². The number of ether oxygens (including phenoxy) is 3. The summed E-state index contributed by atoms with van der Waals surface area (Å²) >= 11 is 0. The summed E-state index contributed by atoms with van der Waals surface area (Å²) < 4.78 is 15.6. The number of carbonyl (C=O) groups excluding carboxylic acids is 2. The molecule has 0 bridgehead atoms. The van der Waals surface area contributed by atoms with Gasteiger partial charge < -0.3 is 24.8 Å². The molecule has 0 saturated heterocycles. The van der Waals surface area contributed by atoms with Crippen molar-refractivity contribution in [3.63, 3.8) is 0 Å². The Kier molecular flexibility index (Phi) is 7.18. The van der Waals surface area contributed by atoms with Crippen molar-refractivity contribution in [1.29, 1.82) is 0 Å². The van der Waals surface area contributed by atoms with Crippen molar-refractivity contribution in [2.24, 2.45) is 0 Å². The fourth-order valence-electron chi connectivity index (χ4n) is 1.90. The smallest absolute Gasteiger partial charge is 0.251 e. The summed E-state index contributed by atoms with van der Waals surface area (Å²) in [5, 5.41) is 5.34. The molecule has 0 aromatic heterocycles. The van der Waals surface area contributed by atoms with E-state index in [0.717, 1.165) is 6.42 Å². The van der Waals surface area contributed by atoms with Gasteiger partial charge in [-0.15, -0.1) is 0 Å². The van der Waals surface area contributed by atoms with E-state index in [9.17, 15) is 9.59 Å². The Balaban J connectivity index is 2.82. The molecule has 7 heteroatoms. The third-order valence-electron chi connectivity index (χ3n) is 3.36. The summed E-state index contributed by atoms with van der Waals surface area (Å²) in [5.41, 5.74) is 0.316. The molecule has 1 aromatic rings. The number of rotatable bonds is 8. The van der Waals surface area contributed by atoms with Crippen molar-refractivity contribution >= 4 is 11.8 Å². The average Bonchev–Trinajstić information content (AvgIpc) is 2.57. The molecule has 0 fully saturated rings. The fraction of sp³-hybridized carbons (Fsp3) is 0.500. The molecule has 0 saturated carbocycles. The van der Waals surface area contributed by atoms with Gasteiger partial charge in [-0.25, -0.2) is 0 Å². The molecule has 1 atom stereocenters. The van der Waals surface area contributed by atoms with Crippen molar-refractivity contribution in [2.75, 3.05) is 27.9 Å². The van der Waals surface area contributed by atoms with Crippen molar-refractivity contribution in [3.05, 3.63) is 17.7 Å². The van der Waals surface area contributed by atoms with Crippen LogP contribution >= 0.6 is 0 Å². The number of benzene rings is 1. The van der Waals surface area contributed by atoms with Crippen LogP contribution in [0.2, 0.25) is 0 Å². The van der Waals surface area contributed by atoms with Crippen LogP contribution in [0.1, 0.15) is 30.6 Å².